The van der Waals surface area contributed by atoms with Crippen LogP contribution in [0.2, 0.25) is 0 Å². The number of aryl methyl sites for hydroxylation is 2. The van der Waals surface area contributed by atoms with E-state index >= 15 is 0 Å². The summed E-state index contributed by atoms with van der Waals surface area (Å²) in [5.74, 6) is -0.558. The number of benzene rings is 1. The van der Waals surface area contributed by atoms with E-state index in [1.165, 1.54) is 51.4 Å². The van der Waals surface area contributed by atoms with Gasteiger partial charge in [0.05, 0.1) is 12.8 Å². The predicted molar refractivity (Wildman–Crippen MR) is 183 cm³/mol. The molecule has 0 radical (unpaired) electrons. The molecule has 0 spiro atoms. The molecule has 0 N–H and O–H groups in total. The van der Waals surface area contributed by atoms with Crippen LogP contribution >= 0.6 is 0 Å². The molecule has 0 unspecified atom stereocenters. The predicted octanol–water partition coefficient (Wildman–Crippen LogP) is 7.76. The summed E-state index contributed by atoms with van der Waals surface area (Å²) in [5, 5.41) is 0. The van der Waals surface area contributed by atoms with Crippen LogP contribution in [0.5, 0.6) is 0 Å². The number of esters is 1. The molecule has 45 heavy (non-hydrogen) atoms. The number of fused-ring (bicyclic) bond motifs is 1. The zero-order valence-electron chi connectivity index (χ0n) is 27.3. The first-order chi connectivity index (χ1) is 21.4. The van der Waals surface area contributed by atoms with Crippen molar-refractivity contribution in [1.82, 2.24) is 14.2 Å². The zero-order valence-corrected chi connectivity index (χ0v) is 27.3. The third-order valence-electron chi connectivity index (χ3n) is 8.91. The zero-order chi connectivity index (χ0) is 31.5. The van der Waals surface area contributed by atoms with E-state index in [1.54, 1.807) is 11.0 Å². The van der Waals surface area contributed by atoms with Gasteiger partial charge in [0.1, 0.15) is 6.04 Å². The molecule has 4 rings (SSSR count). The number of carbonyl (C=O) groups excluding carboxylic acids is 3. The summed E-state index contributed by atoms with van der Waals surface area (Å²) in [6.45, 7) is 10.6. The fourth-order valence-electron chi connectivity index (χ4n) is 6.30. The van der Waals surface area contributed by atoms with Crippen molar-refractivity contribution in [3.8, 4) is 0 Å². The molecule has 1 fully saturated rings. The Morgan fingerprint density at radius 1 is 0.844 bits per heavy atom. The highest BCUT2D eigenvalue weighted by molar-refractivity contribution is 6.10. The van der Waals surface area contributed by atoms with Gasteiger partial charge in [-0.15, -0.1) is 0 Å². The van der Waals surface area contributed by atoms with Gasteiger partial charge in [-0.1, -0.05) is 71.7 Å². The number of unbranched alkanes of at least 4 members (excludes halogenated alkanes) is 3. The molecule has 1 aromatic carbocycles. The van der Waals surface area contributed by atoms with Crippen LogP contribution in [0.4, 0.5) is 0 Å². The minimum Gasteiger partial charge on any atom is -0.467 e. The smallest absolute Gasteiger partial charge is 0.328 e. The lowest BCUT2D eigenvalue weighted by Gasteiger charge is -2.22. The van der Waals surface area contributed by atoms with Crippen molar-refractivity contribution >= 4 is 23.2 Å². The Bertz CT molecular complexity index is 1390. The van der Waals surface area contributed by atoms with Crippen LogP contribution in [-0.4, -0.2) is 71.2 Å². The van der Waals surface area contributed by atoms with Gasteiger partial charge >= 0.3 is 5.97 Å². The SMILES string of the molecule is C.CCCCc1cc2cc(C(=O)N3CCC[C@H]3C(=O)OC)ccn2c1C(=O)c1ccc(CCCN(CCCC)CCCC)cc1. The van der Waals surface area contributed by atoms with Gasteiger partial charge in [-0.25, -0.2) is 4.79 Å². The second kappa shape index (κ2) is 17.9. The summed E-state index contributed by atoms with van der Waals surface area (Å²) in [5.41, 5.74) is 4.92. The minimum atomic E-state index is -0.545. The maximum Gasteiger partial charge on any atom is 0.328 e. The molecule has 1 amide bonds. The highest BCUT2D eigenvalue weighted by Gasteiger charge is 2.35. The van der Waals surface area contributed by atoms with Gasteiger partial charge in [-0.05, 0) is 100 Å². The molecule has 7 nitrogen and oxygen atoms in total. The third kappa shape index (κ3) is 9.06. The van der Waals surface area contributed by atoms with E-state index < -0.39 is 6.04 Å². The number of methoxy groups -OCH3 is 1. The Morgan fingerprint density at radius 2 is 1.51 bits per heavy atom. The second-order valence-electron chi connectivity index (χ2n) is 12.2. The molecule has 7 heteroatoms. The average molecular weight is 618 g/mol. The lowest BCUT2D eigenvalue weighted by molar-refractivity contribution is -0.145. The van der Waals surface area contributed by atoms with E-state index in [1.807, 2.05) is 34.9 Å². The quantitative estimate of drug-likeness (QED) is 0.114. The summed E-state index contributed by atoms with van der Waals surface area (Å²) < 4.78 is 6.85. The van der Waals surface area contributed by atoms with Crippen LogP contribution in [0.15, 0.2) is 48.7 Å². The number of ether oxygens (including phenoxy) is 1. The maximum absolute atomic E-state index is 13.9. The molecule has 246 valence electrons. The number of pyridine rings is 1. The number of hydrogen-bond acceptors (Lipinski definition) is 5. The Hall–Kier alpha value is -3.45. The normalized spacial score (nSPS) is 14.6. The maximum atomic E-state index is 13.9. The lowest BCUT2D eigenvalue weighted by Crippen LogP contribution is -2.41. The van der Waals surface area contributed by atoms with E-state index in [2.05, 4.69) is 37.8 Å². The molecule has 1 atom stereocenters. The Labute approximate surface area is 270 Å². The third-order valence-corrected chi connectivity index (χ3v) is 8.91. The van der Waals surface area contributed by atoms with Crippen molar-refractivity contribution in [3.05, 3.63) is 76.6 Å². The first-order valence-corrected chi connectivity index (χ1v) is 16.8. The number of carbonyl (C=O) groups is 3. The number of rotatable bonds is 17. The largest absolute Gasteiger partial charge is 0.467 e. The molecule has 0 saturated carbocycles. The molecular weight excluding hydrogens is 562 g/mol. The van der Waals surface area contributed by atoms with Crippen molar-refractivity contribution in [2.45, 2.75) is 105 Å². The summed E-state index contributed by atoms with van der Waals surface area (Å²) >= 11 is 0. The number of nitrogens with zero attached hydrogens (tertiary/aromatic N) is 3. The van der Waals surface area contributed by atoms with E-state index in [4.69, 9.17) is 4.74 Å². The van der Waals surface area contributed by atoms with Crippen LogP contribution in [0.25, 0.3) is 5.52 Å². The Morgan fingerprint density at radius 3 is 2.16 bits per heavy atom. The van der Waals surface area contributed by atoms with Crippen molar-refractivity contribution < 1.29 is 19.1 Å². The number of aromatic nitrogens is 1. The first-order valence-electron chi connectivity index (χ1n) is 16.8. The molecule has 1 aliphatic rings. The molecular formula is C38H55N3O4. The fourth-order valence-corrected chi connectivity index (χ4v) is 6.30. The van der Waals surface area contributed by atoms with Crippen LogP contribution in [0.3, 0.4) is 0 Å². The summed E-state index contributed by atoms with van der Waals surface area (Å²) in [4.78, 5) is 43.8. The van der Waals surface area contributed by atoms with Crippen molar-refractivity contribution in [2.75, 3.05) is 33.3 Å². The van der Waals surface area contributed by atoms with Crippen LogP contribution < -0.4 is 0 Å². The minimum absolute atomic E-state index is 0. The molecule has 1 aliphatic heterocycles. The average Bonchev–Trinajstić information content (AvgIpc) is 3.69. The lowest BCUT2D eigenvalue weighted by atomic mass is 10.00. The van der Waals surface area contributed by atoms with Gasteiger partial charge in [-0.3, -0.25) is 9.59 Å². The molecule has 1 saturated heterocycles. The number of likely N-dealkylation sites (tertiary alicyclic amines) is 1. The van der Waals surface area contributed by atoms with Gasteiger partial charge in [0.2, 0.25) is 5.78 Å². The molecule has 0 bridgehead atoms. The monoisotopic (exact) mass is 617 g/mol. The highest BCUT2D eigenvalue weighted by Crippen LogP contribution is 2.26. The van der Waals surface area contributed by atoms with Crippen molar-refractivity contribution in [2.24, 2.45) is 0 Å². The van der Waals surface area contributed by atoms with Crippen molar-refractivity contribution in [3.63, 3.8) is 0 Å². The van der Waals surface area contributed by atoms with Crippen molar-refractivity contribution in [1.29, 1.82) is 0 Å². The Kier molecular flexibility index (Phi) is 14.3. The van der Waals surface area contributed by atoms with Crippen LogP contribution in [-0.2, 0) is 22.4 Å². The first kappa shape index (κ1) is 36.0. The molecule has 2 aromatic heterocycles. The summed E-state index contributed by atoms with van der Waals surface area (Å²) in [6.07, 6.45) is 13.1. The van der Waals surface area contributed by atoms with Gasteiger partial charge in [0, 0.05) is 29.4 Å². The molecule has 3 heterocycles. The summed E-state index contributed by atoms with van der Waals surface area (Å²) in [6, 6.07) is 13.2. The molecule has 0 aliphatic carbocycles. The second-order valence-corrected chi connectivity index (χ2v) is 12.2. The van der Waals surface area contributed by atoms with Gasteiger partial charge in [-0.2, -0.15) is 0 Å². The standard InChI is InChI=1S/C37H51N3O4.CH4/c1-5-8-14-30-26-32-27-31(36(42)40-24-12-15-33(40)37(43)44-4)20-25-39(32)34(30)35(41)29-18-16-28(17-19-29)13-11-23-38(21-9-6-2)22-10-7-3;/h16-20,25-27,33H,5-15,21-24H2,1-4H3;1H4/t33-;/m0./s1. The fraction of sp³-hybridized carbons (Fsp3) is 0.553. The van der Waals surface area contributed by atoms with E-state index in [0.717, 1.165) is 56.1 Å². The van der Waals surface area contributed by atoms with E-state index in [-0.39, 0.29) is 25.1 Å². The number of ketones is 1. The van der Waals surface area contributed by atoms with Gasteiger partial charge in [0.25, 0.3) is 5.91 Å². The molecule has 3 aromatic rings. The number of amides is 1. The van der Waals surface area contributed by atoms with Crippen LogP contribution in [0.1, 0.15) is 124 Å². The summed E-state index contributed by atoms with van der Waals surface area (Å²) in [7, 11) is 1.36. The Balaban J connectivity index is 0.00000552. The van der Waals surface area contributed by atoms with Gasteiger partial charge < -0.3 is 18.9 Å². The van der Waals surface area contributed by atoms with Gasteiger partial charge in [0.15, 0.2) is 0 Å². The topological polar surface area (TPSA) is 71.3 Å². The number of hydrogen-bond donors (Lipinski definition) is 0. The van der Waals surface area contributed by atoms with Crippen LogP contribution in [0, 0.1) is 0 Å². The highest BCUT2D eigenvalue weighted by atomic mass is 16.5. The van der Waals surface area contributed by atoms with E-state index in [9.17, 15) is 14.4 Å². The van der Waals surface area contributed by atoms with E-state index in [0.29, 0.717) is 29.8 Å².